The average Bonchev–Trinajstić information content (AvgIpc) is 2.44. The van der Waals surface area contributed by atoms with E-state index in [9.17, 15) is 18.0 Å². The maximum atomic E-state index is 12.5. The zero-order valence-electron chi connectivity index (χ0n) is 11.8. The first kappa shape index (κ1) is 17.3. The van der Waals surface area contributed by atoms with Gasteiger partial charge in [0.2, 0.25) is 5.91 Å². The van der Waals surface area contributed by atoms with Gasteiger partial charge < -0.3 is 15.4 Å². The predicted molar refractivity (Wildman–Crippen MR) is 72.9 cm³/mol. The summed E-state index contributed by atoms with van der Waals surface area (Å²) in [5, 5.41) is 0. The van der Waals surface area contributed by atoms with Crippen LogP contribution in [-0.2, 0) is 11.0 Å². The molecule has 1 aromatic carbocycles. The van der Waals surface area contributed by atoms with Crippen molar-refractivity contribution in [2.24, 2.45) is 5.73 Å². The number of carbonyl (C=O) groups excluding carboxylic acids is 1. The Bertz CT molecular complexity index is 464. The Morgan fingerprint density at radius 1 is 1.38 bits per heavy atom. The molecule has 21 heavy (non-hydrogen) atoms. The van der Waals surface area contributed by atoms with Crippen LogP contribution < -0.4 is 10.5 Å². The Hall–Kier alpha value is -1.76. The standard InChI is InChI=1S/C14H19F3N2O2/c1-19(8-3-7-18)13(20)6-9-21-12-5-2-4-11(10-12)14(15,16)17/h2,4-5,10H,3,6-9,18H2,1H3. The van der Waals surface area contributed by atoms with E-state index in [0.29, 0.717) is 19.5 Å². The van der Waals surface area contributed by atoms with E-state index in [1.807, 2.05) is 0 Å². The van der Waals surface area contributed by atoms with Gasteiger partial charge in [0.05, 0.1) is 18.6 Å². The second kappa shape index (κ2) is 7.87. The van der Waals surface area contributed by atoms with Crippen molar-refractivity contribution >= 4 is 5.91 Å². The summed E-state index contributed by atoms with van der Waals surface area (Å²) < 4.78 is 42.7. The first-order valence-electron chi connectivity index (χ1n) is 6.58. The third kappa shape index (κ3) is 6.03. The van der Waals surface area contributed by atoms with E-state index < -0.39 is 11.7 Å². The Kier molecular flexibility index (Phi) is 6.48. The zero-order chi connectivity index (χ0) is 15.9. The highest BCUT2D eigenvalue weighted by molar-refractivity contribution is 5.75. The van der Waals surface area contributed by atoms with Crippen LogP contribution in [0, 0.1) is 0 Å². The molecule has 4 nitrogen and oxygen atoms in total. The molecule has 118 valence electrons. The lowest BCUT2D eigenvalue weighted by Crippen LogP contribution is -2.30. The zero-order valence-corrected chi connectivity index (χ0v) is 11.8. The molecule has 2 N–H and O–H groups in total. The fourth-order valence-corrected chi connectivity index (χ4v) is 1.66. The van der Waals surface area contributed by atoms with Gasteiger partial charge in [0, 0.05) is 13.6 Å². The topological polar surface area (TPSA) is 55.6 Å². The molecule has 1 rings (SSSR count). The SMILES string of the molecule is CN(CCCN)C(=O)CCOc1cccc(C(F)(F)F)c1. The maximum absolute atomic E-state index is 12.5. The maximum Gasteiger partial charge on any atom is 0.416 e. The van der Waals surface area contributed by atoms with Gasteiger partial charge >= 0.3 is 6.18 Å². The molecule has 0 aromatic heterocycles. The fourth-order valence-electron chi connectivity index (χ4n) is 1.66. The summed E-state index contributed by atoms with van der Waals surface area (Å²) in [6, 6.07) is 4.59. The first-order chi connectivity index (χ1) is 9.84. The van der Waals surface area contributed by atoms with E-state index in [4.69, 9.17) is 10.5 Å². The van der Waals surface area contributed by atoms with Crippen LogP contribution in [0.5, 0.6) is 5.75 Å². The lowest BCUT2D eigenvalue weighted by molar-refractivity contribution is -0.137. The minimum atomic E-state index is -4.41. The van der Waals surface area contributed by atoms with Crippen LogP contribution in [0.15, 0.2) is 24.3 Å². The molecule has 0 fully saturated rings. The number of ether oxygens (including phenoxy) is 1. The average molecular weight is 304 g/mol. The molecule has 0 atom stereocenters. The molecule has 0 saturated heterocycles. The van der Waals surface area contributed by atoms with Gasteiger partial charge in [-0.3, -0.25) is 4.79 Å². The van der Waals surface area contributed by atoms with Crippen LogP contribution in [0.2, 0.25) is 0 Å². The van der Waals surface area contributed by atoms with Crippen molar-refractivity contribution in [1.29, 1.82) is 0 Å². The predicted octanol–water partition coefficient (Wildman–Crippen LogP) is 2.28. The summed E-state index contributed by atoms with van der Waals surface area (Å²) in [6.07, 6.45) is -3.59. The molecule has 7 heteroatoms. The van der Waals surface area contributed by atoms with Crippen molar-refractivity contribution < 1.29 is 22.7 Å². The number of hydrogen-bond donors (Lipinski definition) is 1. The van der Waals surface area contributed by atoms with E-state index in [0.717, 1.165) is 12.1 Å². The van der Waals surface area contributed by atoms with Gasteiger partial charge in [-0.15, -0.1) is 0 Å². The molecule has 0 saturated carbocycles. The van der Waals surface area contributed by atoms with E-state index in [2.05, 4.69) is 0 Å². The van der Waals surface area contributed by atoms with Crippen LogP contribution in [-0.4, -0.2) is 37.6 Å². The quantitative estimate of drug-likeness (QED) is 0.841. The molecule has 0 aliphatic rings. The number of hydrogen-bond acceptors (Lipinski definition) is 3. The molecule has 0 aliphatic carbocycles. The largest absolute Gasteiger partial charge is 0.493 e. The Morgan fingerprint density at radius 3 is 2.71 bits per heavy atom. The minimum absolute atomic E-state index is 0.0348. The summed E-state index contributed by atoms with van der Waals surface area (Å²) >= 11 is 0. The van der Waals surface area contributed by atoms with Crippen molar-refractivity contribution in [3.05, 3.63) is 29.8 Å². The van der Waals surface area contributed by atoms with Crippen molar-refractivity contribution in [2.75, 3.05) is 26.7 Å². The van der Waals surface area contributed by atoms with Crippen molar-refractivity contribution in [2.45, 2.75) is 19.0 Å². The van der Waals surface area contributed by atoms with Gasteiger partial charge in [0.25, 0.3) is 0 Å². The second-order valence-electron chi connectivity index (χ2n) is 4.58. The van der Waals surface area contributed by atoms with Crippen LogP contribution in [0.25, 0.3) is 0 Å². The first-order valence-corrected chi connectivity index (χ1v) is 6.58. The lowest BCUT2D eigenvalue weighted by atomic mass is 10.2. The molecular weight excluding hydrogens is 285 g/mol. The smallest absolute Gasteiger partial charge is 0.416 e. The molecule has 0 bridgehead atoms. The summed E-state index contributed by atoms with van der Waals surface area (Å²) in [4.78, 5) is 13.2. The van der Waals surface area contributed by atoms with Gasteiger partial charge in [0.15, 0.2) is 0 Å². The Labute approximate surface area is 121 Å². The van der Waals surface area contributed by atoms with Crippen LogP contribution in [0.1, 0.15) is 18.4 Å². The number of carbonyl (C=O) groups is 1. The monoisotopic (exact) mass is 304 g/mol. The summed E-state index contributed by atoms with van der Waals surface area (Å²) in [6.45, 7) is 1.09. The minimum Gasteiger partial charge on any atom is -0.493 e. The van der Waals surface area contributed by atoms with Gasteiger partial charge in [-0.1, -0.05) is 6.07 Å². The highest BCUT2D eigenvalue weighted by atomic mass is 19.4. The number of benzene rings is 1. The molecular formula is C14H19F3N2O2. The molecule has 0 heterocycles. The highest BCUT2D eigenvalue weighted by Crippen LogP contribution is 2.31. The van der Waals surface area contributed by atoms with E-state index in [1.165, 1.54) is 17.0 Å². The normalized spacial score (nSPS) is 11.3. The molecule has 1 aromatic rings. The highest BCUT2D eigenvalue weighted by Gasteiger charge is 2.30. The molecule has 0 unspecified atom stereocenters. The van der Waals surface area contributed by atoms with Crippen molar-refractivity contribution in [1.82, 2.24) is 4.90 Å². The third-order valence-electron chi connectivity index (χ3n) is 2.87. The summed E-state index contributed by atoms with van der Waals surface area (Å²) in [5.41, 5.74) is 4.58. The van der Waals surface area contributed by atoms with Gasteiger partial charge in [0.1, 0.15) is 5.75 Å². The van der Waals surface area contributed by atoms with Crippen molar-refractivity contribution in [3.63, 3.8) is 0 Å². The van der Waals surface area contributed by atoms with Gasteiger partial charge in [-0.25, -0.2) is 0 Å². The third-order valence-corrected chi connectivity index (χ3v) is 2.87. The summed E-state index contributed by atoms with van der Waals surface area (Å²) in [5.74, 6) is -0.0299. The number of halogens is 3. The fraction of sp³-hybridized carbons (Fsp3) is 0.500. The second-order valence-corrected chi connectivity index (χ2v) is 4.58. The number of amides is 1. The number of rotatable bonds is 7. The molecule has 0 spiro atoms. The van der Waals surface area contributed by atoms with E-state index >= 15 is 0 Å². The van der Waals surface area contributed by atoms with Crippen LogP contribution in [0.4, 0.5) is 13.2 Å². The van der Waals surface area contributed by atoms with Crippen molar-refractivity contribution in [3.8, 4) is 5.75 Å². The molecule has 0 aliphatic heterocycles. The number of alkyl halides is 3. The summed E-state index contributed by atoms with van der Waals surface area (Å²) in [7, 11) is 1.66. The van der Waals surface area contributed by atoms with Crippen LogP contribution >= 0.6 is 0 Å². The van der Waals surface area contributed by atoms with Gasteiger partial charge in [-0.2, -0.15) is 13.2 Å². The Morgan fingerprint density at radius 2 is 2.10 bits per heavy atom. The molecule has 0 radical (unpaired) electrons. The Balaban J connectivity index is 2.44. The lowest BCUT2D eigenvalue weighted by Gasteiger charge is -2.17. The van der Waals surface area contributed by atoms with E-state index in [1.54, 1.807) is 7.05 Å². The van der Waals surface area contributed by atoms with E-state index in [-0.39, 0.29) is 24.7 Å². The van der Waals surface area contributed by atoms with Crippen LogP contribution in [0.3, 0.4) is 0 Å². The van der Waals surface area contributed by atoms with Gasteiger partial charge in [-0.05, 0) is 31.2 Å². The molecule has 1 amide bonds. The number of nitrogens with zero attached hydrogens (tertiary/aromatic N) is 1. The number of nitrogens with two attached hydrogens (primary N) is 1.